The van der Waals surface area contributed by atoms with E-state index in [9.17, 15) is 14.4 Å². The van der Waals surface area contributed by atoms with Gasteiger partial charge in [-0.15, -0.1) is 0 Å². The van der Waals surface area contributed by atoms with Crippen molar-refractivity contribution in [2.24, 2.45) is 0 Å². The van der Waals surface area contributed by atoms with Crippen molar-refractivity contribution >= 4 is 17.7 Å². The number of carbonyl (C=O) groups excluding carboxylic acids is 3. The van der Waals surface area contributed by atoms with Gasteiger partial charge >= 0.3 is 0 Å². The Morgan fingerprint density at radius 1 is 1.09 bits per heavy atom. The van der Waals surface area contributed by atoms with Gasteiger partial charge in [0, 0.05) is 37.7 Å². The molecule has 0 aromatic heterocycles. The lowest BCUT2D eigenvalue weighted by atomic mass is 10.0. The van der Waals surface area contributed by atoms with Crippen molar-refractivity contribution in [3.8, 4) is 22.6 Å². The molecular weight excluding hydrogens is 446 g/mol. The molecule has 35 heavy (non-hydrogen) atoms. The topological polar surface area (TPSA) is 88.2 Å². The Kier molecular flexibility index (Phi) is 7.58. The third-order valence-electron chi connectivity index (χ3n) is 6.64. The van der Waals surface area contributed by atoms with Crippen LogP contribution in [-0.2, 0) is 9.59 Å². The Morgan fingerprint density at radius 2 is 1.83 bits per heavy atom. The second kappa shape index (κ2) is 10.8. The maximum atomic E-state index is 13.5. The van der Waals surface area contributed by atoms with Crippen LogP contribution in [0.3, 0.4) is 0 Å². The molecule has 0 unspecified atom stereocenters. The van der Waals surface area contributed by atoms with E-state index in [1.165, 1.54) is 4.90 Å². The Balaban J connectivity index is 1.74. The van der Waals surface area contributed by atoms with Crippen molar-refractivity contribution < 1.29 is 23.9 Å². The summed E-state index contributed by atoms with van der Waals surface area (Å²) in [7, 11) is 3.24. The standard InChI is InChI=1S/C27H33N3O5/c1-18-17-35-24-11-9-21(34-3)16-22(24)19-7-6-8-20(15-19)26(32)29(2)23(10-12-25(31)28-18)27(33)30-13-4-5-14-30/h6-9,11,15-16,18,23H,4-5,10,12-14,17H2,1-3H3,(H,28,31)/t18-,23+/m1/s1. The molecule has 1 fully saturated rings. The lowest BCUT2D eigenvalue weighted by molar-refractivity contribution is -0.135. The molecule has 2 heterocycles. The van der Waals surface area contributed by atoms with Gasteiger partial charge in [-0.25, -0.2) is 0 Å². The number of nitrogens with one attached hydrogen (secondary N) is 1. The van der Waals surface area contributed by atoms with Crippen LogP contribution in [0.4, 0.5) is 0 Å². The van der Waals surface area contributed by atoms with E-state index < -0.39 is 6.04 Å². The number of rotatable bonds is 2. The van der Waals surface area contributed by atoms with Crippen molar-refractivity contribution in [1.29, 1.82) is 0 Å². The van der Waals surface area contributed by atoms with E-state index in [0.29, 0.717) is 30.2 Å². The van der Waals surface area contributed by atoms with Gasteiger partial charge in [0.15, 0.2) is 0 Å². The van der Waals surface area contributed by atoms with Crippen LogP contribution < -0.4 is 14.8 Å². The van der Waals surface area contributed by atoms with E-state index in [1.54, 1.807) is 25.1 Å². The maximum absolute atomic E-state index is 13.5. The number of benzene rings is 2. The molecule has 4 rings (SSSR count). The molecule has 2 atom stereocenters. The number of hydrogen-bond donors (Lipinski definition) is 1. The summed E-state index contributed by atoms with van der Waals surface area (Å²) >= 11 is 0. The molecule has 3 amide bonds. The van der Waals surface area contributed by atoms with Crippen LogP contribution >= 0.6 is 0 Å². The molecule has 2 aliphatic rings. The molecular formula is C27H33N3O5. The summed E-state index contributed by atoms with van der Waals surface area (Å²) in [5.74, 6) is 0.751. The number of likely N-dealkylation sites (tertiary alicyclic amines) is 1. The van der Waals surface area contributed by atoms with Gasteiger partial charge < -0.3 is 24.6 Å². The minimum atomic E-state index is -0.709. The summed E-state index contributed by atoms with van der Waals surface area (Å²) in [5, 5.41) is 2.95. The first-order chi connectivity index (χ1) is 16.9. The molecule has 8 heteroatoms. The summed E-state index contributed by atoms with van der Waals surface area (Å²) in [6.07, 6.45) is 2.31. The van der Waals surface area contributed by atoms with E-state index in [0.717, 1.165) is 24.0 Å². The van der Waals surface area contributed by atoms with Crippen molar-refractivity contribution in [1.82, 2.24) is 15.1 Å². The number of ether oxygens (including phenoxy) is 2. The second-order valence-electron chi connectivity index (χ2n) is 9.23. The summed E-state index contributed by atoms with van der Waals surface area (Å²) in [6.45, 7) is 3.53. The number of nitrogens with zero attached hydrogens (tertiary/aromatic N) is 2. The third kappa shape index (κ3) is 5.58. The first-order valence-electron chi connectivity index (χ1n) is 12.1. The van der Waals surface area contributed by atoms with Crippen LogP contribution in [0.1, 0.15) is 43.0 Å². The minimum absolute atomic E-state index is 0.0990. The zero-order chi connectivity index (χ0) is 24.9. The zero-order valence-corrected chi connectivity index (χ0v) is 20.6. The SMILES string of the molecule is COc1ccc2c(c1)-c1cccc(c1)C(=O)N(C)[C@H](C(=O)N1CCCC1)CCC(=O)N[C@H](C)CO2. The number of likely N-dealkylation sites (N-methyl/N-ethyl adjacent to an activating group) is 1. The Morgan fingerprint density at radius 3 is 2.57 bits per heavy atom. The largest absolute Gasteiger partial charge is 0.497 e. The van der Waals surface area contributed by atoms with Gasteiger partial charge in [0.25, 0.3) is 5.91 Å². The Bertz CT molecular complexity index is 1100. The predicted molar refractivity (Wildman–Crippen MR) is 132 cm³/mol. The van der Waals surface area contributed by atoms with E-state index >= 15 is 0 Å². The zero-order valence-electron chi connectivity index (χ0n) is 20.6. The van der Waals surface area contributed by atoms with Crippen molar-refractivity contribution in [2.75, 3.05) is 33.9 Å². The van der Waals surface area contributed by atoms with Gasteiger partial charge in [-0.3, -0.25) is 14.4 Å². The number of amides is 3. The molecule has 2 aromatic carbocycles. The third-order valence-corrected chi connectivity index (χ3v) is 6.64. The average molecular weight is 480 g/mol. The van der Waals surface area contributed by atoms with E-state index in [1.807, 2.05) is 43.3 Å². The number of methoxy groups -OCH3 is 1. The highest BCUT2D eigenvalue weighted by Crippen LogP contribution is 2.34. The lowest BCUT2D eigenvalue weighted by Gasteiger charge is -2.31. The van der Waals surface area contributed by atoms with Gasteiger partial charge in [-0.2, -0.15) is 0 Å². The van der Waals surface area contributed by atoms with Gasteiger partial charge in [0.2, 0.25) is 11.8 Å². The molecule has 1 N–H and O–H groups in total. The van der Waals surface area contributed by atoms with Crippen LogP contribution in [0.5, 0.6) is 11.5 Å². The second-order valence-corrected chi connectivity index (χ2v) is 9.23. The highest BCUT2D eigenvalue weighted by atomic mass is 16.5. The summed E-state index contributed by atoms with van der Waals surface area (Å²) in [6, 6.07) is 11.8. The quantitative estimate of drug-likeness (QED) is 0.715. The smallest absolute Gasteiger partial charge is 0.254 e. The summed E-state index contributed by atoms with van der Waals surface area (Å²) in [4.78, 5) is 42.9. The number of carbonyl (C=O) groups is 3. The fraction of sp³-hybridized carbons (Fsp3) is 0.444. The van der Waals surface area contributed by atoms with Crippen LogP contribution in [0.15, 0.2) is 42.5 Å². The average Bonchev–Trinajstić information content (AvgIpc) is 3.41. The first kappa shape index (κ1) is 24.6. The highest BCUT2D eigenvalue weighted by Gasteiger charge is 2.33. The fourth-order valence-corrected chi connectivity index (χ4v) is 4.65. The molecule has 8 nitrogen and oxygen atoms in total. The monoisotopic (exact) mass is 479 g/mol. The molecule has 2 aromatic rings. The molecule has 0 aliphatic carbocycles. The van der Waals surface area contributed by atoms with Crippen LogP contribution in [-0.4, -0.2) is 73.5 Å². The first-order valence-corrected chi connectivity index (χ1v) is 12.1. The van der Waals surface area contributed by atoms with Crippen LogP contribution in [0.2, 0.25) is 0 Å². The van der Waals surface area contributed by atoms with E-state index in [2.05, 4.69) is 5.32 Å². The van der Waals surface area contributed by atoms with Gasteiger partial charge in [0.1, 0.15) is 24.1 Å². The molecule has 0 radical (unpaired) electrons. The molecule has 1 saturated heterocycles. The van der Waals surface area contributed by atoms with Crippen molar-refractivity contribution in [3.63, 3.8) is 0 Å². The molecule has 0 saturated carbocycles. The Hall–Kier alpha value is -3.55. The van der Waals surface area contributed by atoms with Crippen molar-refractivity contribution in [2.45, 2.75) is 44.7 Å². The lowest BCUT2D eigenvalue weighted by Crippen LogP contribution is -2.49. The molecule has 2 aliphatic heterocycles. The predicted octanol–water partition coefficient (Wildman–Crippen LogP) is 3.10. The molecule has 2 bridgehead atoms. The van der Waals surface area contributed by atoms with Gasteiger partial charge in [0.05, 0.1) is 13.2 Å². The van der Waals surface area contributed by atoms with Crippen molar-refractivity contribution in [3.05, 3.63) is 48.0 Å². The minimum Gasteiger partial charge on any atom is -0.497 e. The number of hydrogen-bond acceptors (Lipinski definition) is 5. The molecule has 0 spiro atoms. The maximum Gasteiger partial charge on any atom is 0.254 e. The van der Waals surface area contributed by atoms with E-state index in [-0.39, 0.29) is 43.2 Å². The number of fused-ring (bicyclic) bond motifs is 4. The fourth-order valence-electron chi connectivity index (χ4n) is 4.65. The van der Waals surface area contributed by atoms with Crippen LogP contribution in [0, 0.1) is 0 Å². The normalized spacial score (nSPS) is 21.3. The molecule has 186 valence electrons. The van der Waals surface area contributed by atoms with E-state index in [4.69, 9.17) is 9.47 Å². The Labute approximate surface area is 206 Å². The van der Waals surface area contributed by atoms with Gasteiger partial charge in [-0.1, -0.05) is 12.1 Å². The summed E-state index contributed by atoms with van der Waals surface area (Å²) < 4.78 is 11.5. The summed E-state index contributed by atoms with van der Waals surface area (Å²) in [5.41, 5.74) is 2.04. The highest BCUT2D eigenvalue weighted by molar-refractivity contribution is 5.98. The van der Waals surface area contributed by atoms with Crippen LogP contribution in [0.25, 0.3) is 11.1 Å². The van der Waals surface area contributed by atoms with Gasteiger partial charge in [-0.05, 0) is 62.1 Å².